The zero-order valence-electron chi connectivity index (χ0n) is 11.6. The zero-order chi connectivity index (χ0) is 13.2. The molecule has 2 heterocycles. The van der Waals surface area contributed by atoms with Crippen LogP contribution in [0.25, 0.3) is 10.9 Å². The van der Waals surface area contributed by atoms with Gasteiger partial charge in [0, 0.05) is 43.4 Å². The third kappa shape index (κ3) is 2.66. The van der Waals surface area contributed by atoms with Crippen molar-refractivity contribution in [3.63, 3.8) is 0 Å². The monoisotopic (exact) mass is 268 g/mol. The van der Waals surface area contributed by atoms with Gasteiger partial charge in [-0.2, -0.15) is 0 Å². The molecule has 0 atom stereocenters. The zero-order valence-corrected chi connectivity index (χ0v) is 11.6. The molecule has 105 valence electrons. The second kappa shape index (κ2) is 6.27. The number of benzene rings is 1. The van der Waals surface area contributed by atoms with Crippen molar-refractivity contribution in [2.45, 2.75) is 21.2 Å². The van der Waals surface area contributed by atoms with Gasteiger partial charge in [-0.05, 0) is 30.7 Å². The van der Waals surface area contributed by atoms with Gasteiger partial charge in [0.15, 0.2) is 0 Å². The van der Waals surface area contributed by atoms with Crippen LogP contribution < -0.4 is 4.90 Å². The molecule has 0 bridgehead atoms. The number of hydrogen-bond acceptors (Lipinski definition) is 3. The summed E-state index contributed by atoms with van der Waals surface area (Å²) in [7, 11) is 2.19. The first-order valence-electron chi connectivity index (χ1n) is 6.92. The second-order valence-electron chi connectivity index (χ2n) is 5.08. The molecule has 0 aliphatic carbocycles. The highest BCUT2D eigenvalue weighted by molar-refractivity contribution is 6.29. The van der Waals surface area contributed by atoms with Crippen LogP contribution >= 0.6 is 0 Å². The van der Waals surface area contributed by atoms with Crippen LogP contribution in [0.5, 0.6) is 0 Å². The van der Waals surface area contributed by atoms with Gasteiger partial charge in [0.2, 0.25) is 7.41 Å². The molecular formula is C16H23BN3. The van der Waals surface area contributed by atoms with Crippen LogP contribution in [0.4, 0.5) is 5.69 Å². The smallest absolute Gasteiger partial charge is 0.205 e. The minimum absolute atomic E-state index is 0. The molecule has 1 fully saturated rings. The maximum atomic E-state index is 4.52. The van der Waals surface area contributed by atoms with E-state index in [1.165, 1.54) is 16.6 Å². The molecule has 1 saturated heterocycles. The highest BCUT2D eigenvalue weighted by atomic mass is 15.2. The Kier molecular flexibility index (Phi) is 4.66. The van der Waals surface area contributed by atoms with E-state index in [9.17, 15) is 0 Å². The third-order valence-electron chi connectivity index (χ3n) is 3.97. The number of pyridine rings is 1. The molecule has 1 aromatic heterocycles. The summed E-state index contributed by atoms with van der Waals surface area (Å²) in [5, 5.41) is 1.27. The Bertz CT molecular complexity index is 577. The van der Waals surface area contributed by atoms with Crippen LogP contribution in [0, 0.1) is 6.92 Å². The lowest BCUT2D eigenvalue weighted by atomic mass is 9.94. The van der Waals surface area contributed by atoms with Crippen LogP contribution in [0.15, 0.2) is 30.5 Å². The lowest BCUT2D eigenvalue weighted by molar-refractivity contribution is 0.408. The minimum atomic E-state index is 0. The fourth-order valence-corrected chi connectivity index (χ4v) is 2.80. The van der Waals surface area contributed by atoms with Crippen LogP contribution in [0.1, 0.15) is 13.0 Å². The van der Waals surface area contributed by atoms with Gasteiger partial charge in [-0.3, -0.25) is 4.98 Å². The molecule has 0 N–H and O–H groups in total. The standard InChI is InChI=1S/C15H19BN3.CH4/c1-12-5-6-14(13-4-3-7-17-15(12)13)18-8-10-19(16-2)11-9-18;/h3-7H,8-11H2,1-2H3;1H4. The van der Waals surface area contributed by atoms with Crippen LogP contribution in [-0.4, -0.2) is 43.4 Å². The van der Waals surface area contributed by atoms with Crippen molar-refractivity contribution in [2.75, 3.05) is 31.1 Å². The second-order valence-corrected chi connectivity index (χ2v) is 5.08. The largest absolute Gasteiger partial charge is 0.369 e. The molecule has 1 aromatic carbocycles. The normalized spacial score (nSPS) is 16.0. The highest BCUT2D eigenvalue weighted by Gasteiger charge is 2.18. The first-order valence-corrected chi connectivity index (χ1v) is 6.92. The van der Waals surface area contributed by atoms with Crippen molar-refractivity contribution in [1.29, 1.82) is 0 Å². The summed E-state index contributed by atoms with van der Waals surface area (Å²) in [4.78, 5) is 9.38. The number of piperazine rings is 1. The lowest BCUT2D eigenvalue weighted by Gasteiger charge is -2.36. The van der Waals surface area contributed by atoms with E-state index in [2.05, 4.69) is 54.1 Å². The van der Waals surface area contributed by atoms with Gasteiger partial charge < -0.3 is 9.71 Å². The molecule has 1 aliphatic rings. The molecular weight excluding hydrogens is 245 g/mol. The fourth-order valence-electron chi connectivity index (χ4n) is 2.80. The van der Waals surface area contributed by atoms with E-state index < -0.39 is 0 Å². The summed E-state index contributed by atoms with van der Waals surface area (Å²) in [6.07, 6.45) is 1.88. The van der Waals surface area contributed by atoms with E-state index >= 15 is 0 Å². The van der Waals surface area contributed by atoms with Crippen LogP contribution in [0.2, 0.25) is 6.82 Å². The van der Waals surface area contributed by atoms with E-state index in [0.717, 1.165) is 31.7 Å². The predicted molar refractivity (Wildman–Crippen MR) is 88.6 cm³/mol. The SMILES string of the molecule is C.C[B]N1CCN(c2ccc(C)c3ncccc23)CC1. The number of aryl methyl sites for hydroxylation is 1. The molecule has 1 radical (unpaired) electrons. The van der Waals surface area contributed by atoms with Crippen molar-refractivity contribution in [3.8, 4) is 0 Å². The van der Waals surface area contributed by atoms with Crippen molar-refractivity contribution in [2.24, 2.45) is 0 Å². The van der Waals surface area contributed by atoms with Crippen molar-refractivity contribution >= 4 is 24.0 Å². The summed E-state index contributed by atoms with van der Waals surface area (Å²) in [5.41, 5.74) is 3.70. The molecule has 0 spiro atoms. The van der Waals surface area contributed by atoms with Crippen LogP contribution in [-0.2, 0) is 0 Å². The van der Waals surface area contributed by atoms with Gasteiger partial charge in [-0.15, -0.1) is 0 Å². The molecule has 0 unspecified atom stereocenters. The van der Waals surface area contributed by atoms with Gasteiger partial charge in [0.05, 0.1) is 5.52 Å². The minimum Gasteiger partial charge on any atom is -0.369 e. The van der Waals surface area contributed by atoms with Gasteiger partial charge in [-0.25, -0.2) is 0 Å². The Morgan fingerprint density at radius 3 is 2.55 bits per heavy atom. The van der Waals surface area contributed by atoms with Crippen LogP contribution in [0.3, 0.4) is 0 Å². The van der Waals surface area contributed by atoms with Gasteiger partial charge in [0.25, 0.3) is 0 Å². The Hall–Kier alpha value is -1.55. The van der Waals surface area contributed by atoms with E-state index in [0.29, 0.717) is 0 Å². The molecule has 0 saturated carbocycles. The lowest BCUT2D eigenvalue weighted by Crippen LogP contribution is -2.47. The predicted octanol–water partition coefficient (Wildman–Crippen LogP) is 2.97. The Morgan fingerprint density at radius 1 is 1.10 bits per heavy atom. The molecule has 4 heteroatoms. The van der Waals surface area contributed by atoms with Crippen molar-refractivity contribution in [1.82, 2.24) is 9.79 Å². The molecule has 3 rings (SSSR count). The Labute approximate surface area is 122 Å². The summed E-state index contributed by atoms with van der Waals surface area (Å²) in [6, 6.07) is 8.64. The van der Waals surface area contributed by atoms with E-state index in [4.69, 9.17) is 0 Å². The highest BCUT2D eigenvalue weighted by Crippen LogP contribution is 2.28. The number of fused-ring (bicyclic) bond motifs is 1. The third-order valence-corrected chi connectivity index (χ3v) is 3.97. The summed E-state index contributed by atoms with van der Waals surface area (Å²) in [6.45, 7) is 8.61. The Morgan fingerprint density at radius 2 is 1.85 bits per heavy atom. The maximum Gasteiger partial charge on any atom is 0.205 e. The van der Waals surface area contributed by atoms with E-state index in [1.54, 1.807) is 0 Å². The first-order chi connectivity index (χ1) is 9.29. The Balaban J connectivity index is 0.00000147. The first kappa shape index (κ1) is 14.9. The summed E-state index contributed by atoms with van der Waals surface area (Å²) < 4.78 is 0. The number of hydrogen-bond donors (Lipinski definition) is 0. The molecule has 0 amide bonds. The van der Waals surface area contributed by atoms with Gasteiger partial charge in [-0.1, -0.05) is 20.3 Å². The van der Waals surface area contributed by atoms with Crippen molar-refractivity contribution in [3.05, 3.63) is 36.0 Å². The number of aromatic nitrogens is 1. The quantitative estimate of drug-likeness (QED) is 0.780. The molecule has 1 aliphatic heterocycles. The summed E-state index contributed by atoms with van der Waals surface area (Å²) in [5.74, 6) is 0. The fraction of sp³-hybridized carbons (Fsp3) is 0.438. The van der Waals surface area contributed by atoms with E-state index in [1.807, 2.05) is 12.3 Å². The molecule has 20 heavy (non-hydrogen) atoms. The molecule has 2 aromatic rings. The summed E-state index contributed by atoms with van der Waals surface area (Å²) >= 11 is 0. The van der Waals surface area contributed by atoms with Crippen molar-refractivity contribution < 1.29 is 0 Å². The van der Waals surface area contributed by atoms with E-state index in [-0.39, 0.29) is 7.43 Å². The number of anilines is 1. The number of rotatable bonds is 2. The average Bonchev–Trinajstić information content (AvgIpc) is 2.48. The molecule has 3 nitrogen and oxygen atoms in total. The van der Waals surface area contributed by atoms with Gasteiger partial charge in [0.1, 0.15) is 0 Å². The topological polar surface area (TPSA) is 19.4 Å². The average molecular weight is 268 g/mol. The maximum absolute atomic E-state index is 4.52. The van der Waals surface area contributed by atoms with Gasteiger partial charge >= 0.3 is 0 Å². The number of nitrogens with zero attached hydrogens (tertiary/aromatic N) is 3.